The van der Waals surface area contributed by atoms with E-state index in [0.717, 1.165) is 25.9 Å². The molecule has 2 fully saturated rings. The lowest BCUT2D eigenvalue weighted by Gasteiger charge is -2.44. The molecule has 5 nitrogen and oxygen atoms in total. The summed E-state index contributed by atoms with van der Waals surface area (Å²) in [5.41, 5.74) is -0.808. The van der Waals surface area contributed by atoms with Crippen molar-refractivity contribution in [1.82, 2.24) is 10.2 Å². The van der Waals surface area contributed by atoms with Gasteiger partial charge < -0.3 is 9.47 Å². The number of hydrogen-bond acceptors (Lipinski definition) is 5. The second-order valence-corrected chi connectivity index (χ2v) is 7.33. The Bertz CT molecular complexity index is 382. The van der Waals surface area contributed by atoms with E-state index in [1.807, 2.05) is 13.8 Å². The van der Waals surface area contributed by atoms with Gasteiger partial charge in [-0.2, -0.15) is 0 Å². The standard InChI is InChI=1S/C16H30N2O3/c1-6-20-14(19)16(5,17-13-7-8-13)11-18-9-12(2)21-15(3,4)10-18/h12-13,17H,6-11H2,1-5H3. The Morgan fingerprint density at radius 2 is 2.14 bits per heavy atom. The van der Waals surface area contributed by atoms with Crippen LogP contribution >= 0.6 is 0 Å². The molecule has 0 bridgehead atoms. The lowest BCUT2D eigenvalue weighted by Crippen LogP contribution is -2.62. The molecule has 2 rings (SSSR count). The van der Waals surface area contributed by atoms with E-state index in [1.165, 1.54) is 0 Å². The maximum Gasteiger partial charge on any atom is 0.327 e. The first kappa shape index (κ1) is 16.7. The van der Waals surface area contributed by atoms with Crippen molar-refractivity contribution in [1.29, 1.82) is 0 Å². The van der Waals surface area contributed by atoms with Gasteiger partial charge >= 0.3 is 5.97 Å². The number of ether oxygens (including phenoxy) is 2. The van der Waals surface area contributed by atoms with Crippen molar-refractivity contribution in [2.75, 3.05) is 26.2 Å². The minimum Gasteiger partial charge on any atom is -0.465 e. The molecule has 0 aromatic rings. The number of carbonyl (C=O) groups is 1. The summed E-state index contributed by atoms with van der Waals surface area (Å²) in [6.07, 6.45) is 2.49. The number of nitrogens with one attached hydrogen (secondary N) is 1. The monoisotopic (exact) mass is 298 g/mol. The summed E-state index contributed by atoms with van der Waals surface area (Å²) in [5.74, 6) is -0.145. The van der Waals surface area contributed by atoms with Gasteiger partial charge in [-0.05, 0) is 47.5 Å². The highest BCUT2D eigenvalue weighted by molar-refractivity contribution is 5.80. The van der Waals surface area contributed by atoms with Crippen LogP contribution in [0.25, 0.3) is 0 Å². The highest BCUT2D eigenvalue weighted by atomic mass is 16.5. The molecule has 1 N–H and O–H groups in total. The third-order valence-electron chi connectivity index (χ3n) is 4.01. The molecule has 2 atom stereocenters. The Morgan fingerprint density at radius 3 is 2.67 bits per heavy atom. The van der Waals surface area contributed by atoms with Gasteiger partial charge in [0.1, 0.15) is 5.54 Å². The first-order valence-electron chi connectivity index (χ1n) is 8.09. The van der Waals surface area contributed by atoms with E-state index in [0.29, 0.717) is 19.2 Å². The molecular formula is C16H30N2O3. The summed E-state index contributed by atoms with van der Waals surface area (Å²) in [6.45, 7) is 12.9. The molecule has 122 valence electrons. The molecule has 1 saturated heterocycles. The molecule has 1 heterocycles. The average molecular weight is 298 g/mol. The summed E-state index contributed by atoms with van der Waals surface area (Å²) >= 11 is 0. The fourth-order valence-electron chi connectivity index (χ4n) is 3.29. The van der Waals surface area contributed by atoms with Crippen LogP contribution in [-0.2, 0) is 14.3 Å². The lowest BCUT2D eigenvalue weighted by atomic mass is 9.98. The lowest BCUT2D eigenvalue weighted by molar-refractivity contribution is -0.157. The number of hydrogen-bond donors (Lipinski definition) is 1. The van der Waals surface area contributed by atoms with E-state index in [2.05, 4.69) is 31.0 Å². The number of morpholine rings is 1. The first-order chi connectivity index (χ1) is 9.74. The Labute approximate surface area is 128 Å². The van der Waals surface area contributed by atoms with E-state index in [1.54, 1.807) is 0 Å². The maximum absolute atomic E-state index is 12.4. The summed E-state index contributed by atoms with van der Waals surface area (Å²) in [6, 6.07) is 0.464. The topological polar surface area (TPSA) is 50.8 Å². The second kappa shape index (κ2) is 6.23. The molecule has 1 aliphatic carbocycles. The largest absolute Gasteiger partial charge is 0.465 e. The summed E-state index contributed by atoms with van der Waals surface area (Å²) in [7, 11) is 0. The fraction of sp³-hybridized carbons (Fsp3) is 0.938. The van der Waals surface area contributed by atoms with Crippen molar-refractivity contribution in [3.63, 3.8) is 0 Å². The van der Waals surface area contributed by atoms with Gasteiger partial charge in [0.15, 0.2) is 0 Å². The molecular weight excluding hydrogens is 268 g/mol. The smallest absolute Gasteiger partial charge is 0.327 e. The Balaban J connectivity index is 2.04. The number of nitrogens with zero attached hydrogens (tertiary/aromatic N) is 1. The van der Waals surface area contributed by atoms with Crippen molar-refractivity contribution in [3.05, 3.63) is 0 Å². The fourth-order valence-corrected chi connectivity index (χ4v) is 3.29. The summed E-state index contributed by atoms with van der Waals surface area (Å²) < 4.78 is 11.2. The van der Waals surface area contributed by atoms with Gasteiger partial charge in [-0.15, -0.1) is 0 Å². The molecule has 0 aromatic heterocycles. The van der Waals surface area contributed by atoms with Crippen molar-refractivity contribution in [3.8, 4) is 0 Å². The molecule has 1 aliphatic heterocycles. The normalized spacial score (nSPS) is 28.9. The average Bonchev–Trinajstić information content (AvgIpc) is 3.09. The highest BCUT2D eigenvalue weighted by Gasteiger charge is 2.43. The van der Waals surface area contributed by atoms with Gasteiger partial charge in [0.05, 0.1) is 18.3 Å². The van der Waals surface area contributed by atoms with Crippen LogP contribution in [0.15, 0.2) is 0 Å². The van der Waals surface area contributed by atoms with Crippen LogP contribution in [-0.4, -0.2) is 60.4 Å². The van der Waals surface area contributed by atoms with Crippen molar-refractivity contribution >= 4 is 5.97 Å². The third kappa shape index (κ3) is 4.66. The minimum atomic E-state index is -0.635. The van der Waals surface area contributed by atoms with Gasteiger partial charge in [0, 0.05) is 25.7 Å². The van der Waals surface area contributed by atoms with E-state index < -0.39 is 5.54 Å². The number of esters is 1. The Morgan fingerprint density at radius 1 is 1.48 bits per heavy atom. The van der Waals surface area contributed by atoms with Crippen LogP contribution in [0.4, 0.5) is 0 Å². The molecule has 2 unspecified atom stereocenters. The Hall–Kier alpha value is -0.650. The quantitative estimate of drug-likeness (QED) is 0.754. The molecule has 0 aromatic carbocycles. The first-order valence-corrected chi connectivity index (χ1v) is 8.09. The van der Waals surface area contributed by atoms with Crippen LogP contribution in [0, 0.1) is 0 Å². The third-order valence-corrected chi connectivity index (χ3v) is 4.01. The zero-order chi connectivity index (χ0) is 15.7. The van der Waals surface area contributed by atoms with Gasteiger partial charge in [0.2, 0.25) is 0 Å². The van der Waals surface area contributed by atoms with Gasteiger partial charge in [-0.1, -0.05) is 0 Å². The maximum atomic E-state index is 12.4. The highest BCUT2D eigenvalue weighted by Crippen LogP contribution is 2.26. The zero-order valence-corrected chi connectivity index (χ0v) is 14.1. The number of carbonyl (C=O) groups excluding carboxylic acids is 1. The molecule has 2 aliphatic rings. The minimum absolute atomic E-state index is 0.145. The number of rotatable bonds is 6. The van der Waals surface area contributed by atoms with Crippen LogP contribution in [0.5, 0.6) is 0 Å². The van der Waals surface area contributed by atoms with Crippen molar-refractivity contribution in [2.24, 2.45) is 0 Å². The van der Waals surface area contributed by atoms with Gasteiger partial charge in [-0.3, -0.25) is 15.0 Å². The summed E-state index contributed by atoms with van der Waals surface area (Å²) in [5, 5.41) is 3.48. The van der Waals surface area contributed by atoms with Crippen molar-refractivity contribution < 1.29 is 14.3 Å². The molecule has 0 amide bonds. The molecule has 0 spiro atoms. The van der Waals surface area contributed by atoms with Crippen LogP contribution in [0.1, 0.15) is 47.5 Å². The second-order valence-electron chi connectivity index (χ2n) is 7.33. The predicted molar refractivity (Wildman–Crippen MR) is 82.3 cm³/mol. The van der Waals surface area contributed by atoms with Crippen molar-refractivity contribution in [2.45, 2.75) is 70.7 Å². The van der Waals surface area contributed by atoms with E-state index in [-0.39, 0.29) is 17.7 Å². The van der Waals surface area contributed by atoms with Crippen LogP contribution in [0.2, 0.25) is 0 Å². The molecule has 1 saturated carbocycles. The molecule has 0 radical (unpaired) electrons. The molecule has 5 heteroatoms. The van der Waals surface area contributed by atoms with Crippen LogP contribution < -0.4 is 5.32 Å². The summed E-state index contributed by atoms with van der Waals surface area (Å²) in [4.78, 5) is 14.7. The van der Waals surface area contributed by atoms with Crippen LogP contribution in [0.3, 0.4) is 0 Å². The van der Waals surface area contributed by atoms with E-state index in [4.69, 9.17) is 9.47 Å². The zero-order valence-electron chi connectivity index (χ0n) is 14.1. The molecule has 21 heavy (non-hydrogen) atoms. The van der Waals surface area contributed by atoms with E-state index in [9.17, 15) is 4.79 Å². The SMILES string of the molecule is CCOC(=O)C(C)(CN1CC(C)OC(C)(C)C1)NC1CC1. The van der Waals surface area contributed by atoms with Gasteiger partial charge in [-0.25, -0.2) is 0 Å². The van der Waals surface area contributed by atoms with E-state index >= 15 is 0 Å². The predicted octanol–water partition coefficient (Wildman–Crippen LogP) is 1.56. The van der Waals surface area contributed by atoms with Gasteiger partial charge in [0.25, 0.3) is 0 Å². The Kier molecular flexibility index (Phi) is 4.96.